The SMILES string of the molecule is O=C(NCc1cccc(C(F)(F)F)c1)c1cc2scc(Br)c2n1Cc1cccc(F)c1. The predicted molar refractivity (Wildman–Crippen MR) is 116 cm³/mol. The maximum Gasteiger partial charge on any atom is 0.416 e. The summed E-state index contributed by atoms with van der Waals surface area (Å²) in [5, 5.41) is 4.59. The van der Waals surface area contributed by atoms with Crippen LogP contribution in [0, 0.1) is 5.82 Å². The molecule has 3 nitrogen and oxygen atoms in total. The van der Waals surface area contributed by atoms with Crippen molar-refractivity contribution in [1.82, 2.24) is 9.88 Å². The van der Waals surface area contributed by atoms with Crippen molar-refractivity contribution in [2.45, 2.75) is 19.3 Å². The van der Waals surface area contributed by atoms with Gasteiger partial charge in [-0.25, -0.2) is 4.39 Å². The van der Waals surface area contributed by atoms with Crippen LogP contribution in [0.15, 0.2) is 64.5 Å². The number of nitrogens with one attached hydrogen (secondary N) is 1. The van der Waals surface area contributed by atoms with Gasteiger partial charge in [0.05, 0.1) is 20.3 Å². The molecular formula is C22H15BrF4N2OS. The van der Waals surface area contributed by atoms with Crippen molar-refractivity contribution >= 4 is 43.4 Å². The highest BCUT2D eigenvalue weighted by atomic mass is 79.9. The van der Waals surface area contributed by atoms with Gasteiger partial charge in [-0.15, -0.1) is 11.3 Å². The highest BCUT2D eigenvalue weighted by Crippen LogP contribution is 2.34. The number of nitrogens with zero attached hydrogens (tertiary/aromatic N) is 1. The van der Waals surface area contributed by atoms with E-state index in [0.717, 1.165) is 26.8 Å². The molecule has 0 radical (unpaired) electrons. The Balaban J connectivity index is 1.61. The van der Waals surface area contributed by atoms with Crippen LogP contribution in [0.1, 0.15) is 27.2 Å². The molecule has 0 saturated heterocycles. The van der Waals surface area contributed by atoms with Gasteiger partial charge >= 0.3 is 6.18 Å². The van der Waals surface area contributed by atoms with E-state index in [1.165, 1.54) is 35.6 Å². The first-order chi connectivity index (χ1) is 14.7. The normalized spacial score (nSPS) is 11.8. The molecule has 0 bridgehead atoms. The number of fused-ring (bicyclic) bond motifs is 1. The van der Waals surface area contributed by atoms with Crippen molar-refractivity contribution in [2.75, 3.05) is 0 Å². The maximum absolute atomic E-state index is 13.6. The second-order valence-corrected chi connectivity index (χ2v) is 8.69. The zero-order valence-electron chi connectivity index (χ0n) is 15.8. The number of rotatable bonds is 5. The standard InChI is InChI=1S/C22H15BrF4N2OS/c23-17-12-31-19-9-18(29(20(17)19)11-14-4-2-6-16(24)8-14)21(30)28-10-13-3-1-5-15(7-13)22(25,26)27/h1-9,12H,10-11H2,(H,28,30). The van der Waals surface area contributed by atoms with E-state index in [0.29, 0.717) is 16.8 Å². The Hall–Kier alpha value is -2.65. The summed E-state index contributed by atoms with van der Waals surface area (Å²) < 4.78 is 55.8. The number of benzene rings is 2. The number of amides is 1. The number of thiophene rings is 1. The minimum Gasteiger partial charge on any atom is -0.347 e. The van der Waals surface area contributed by atoms with E-state index in [1.807, 2.05) is 5.38 Å². The summed E-state index contributed by atoms with van der Waals surface area (Å²) in [6.07, 6.45) is -4.45. The molecule has 1 amide bonds. The fraction of sp³-hybridized carbons (Fsp3) is 0.136. The highest BCUT2D eigenvalue weighted by molar-refractivity contribution is 9.10. The van der Waals surface area contributed by atoms with Crippen LogP contribution >= 0.6 is 27.3 Å². The minimum atomic E-state index is -4.45. The van der Waals surface area contributed by atoms with Crippen molar-refractivity contribution in [2.24, 2.45) is 0 Å². The molecule has 0 spiro atoms. The molecular weight excluding hydrogens is 496 g/mol. The van der Waals surface area contributed by atoms with Crippen LogP contribution < -0.4 is 5.32 Å². The molecule has 4 aromatic rings. The van der Waals surface area contributed by atoms with Crippen LogP contribution in [0.5, 0.6) is 0 Å². The van der Waals surface area contributed by atoms with Gasteiger partial charge in [0.1, 0.15) is 11.5 Å². The van der Waals surface area contributed by atoms with Gasteiger partial charge < -0.3 is 9.88 Å². The van der Waals surface area contributed by atoms with E-state index < -0.39 is 17.6 Å². The van der Waals surface area contributed by atoms with Crippen LogP contribution in [0.4, 0.5) is 17.6 Å². The molecule has 2 heterocycles. The Morgan fingerprint density at radius 1 is 1.06 bits per heavy atom. The third-order valence-corrected chi connectivity index (χ3v) is 6.57. The average molecular weight is 511 g/mol. The zero-order chi connectivity index (χ0) is 22.2. The molecule has 0 aliphatic rings. The fourth-order valence-electron chi connectivity index (χ4n) is 3.33. The lowest BCUT2D eigenvalue weighted by Crippen LogP contribution is -2.26. The summed E-state index contributed by atoms with van der Waals surface area (Å²) >= 11 is 4.94. The maximum atomic E-state index is 13.6. The molecule has 2 aromatic heterocycles. The number of carbonyl (C=O) groups is 1. The monoisotopic (exact) mass is 510 g/mol. The van der Waals surface area contributed by atoms with Crippen molar-refractivity contribution in [3.05, 3.63) is 92.7 Å². The van der Waals surface area contributed by atoms with E-state index in [2.05, 4.69) is 21.2 Å². The van der Waals surface area contributed by atoms with E-state index in [-0.39, 0.29) is 18.9 Å². The van der Waals surface area contributed by atoms with E-state index >= 15 is 0 Å². The van der Waals surface area contributed by atoms with Crippen LogP contribution in [-0.4, -0.2) is 10.5 Å². The molecule has 1 N–H and O–H groups in total. The molecule has 0 aliphatic heterocycles. The van der Waals surface area contributed by atoms with Crippen molar-refractivity contribution in [3.8, 4) is 0 Å². The lowest BCUT2D eigenvalue weighted by Gasteiger charge is -2.13. The summed E-state index contributed by atoms with van der Waals surface area (Å²) in [4.78, 5) is 12.9. The van der Waals surface area contributed by atoms with E-state index in [9.17, 15) is 22.4 Å². The Kier molecular flexibility index (Phi) is 5.90. The molecule has 0 unspecified atom stereocenters. The van der Waals surface area contributed by atoms with Gasteiger partial charge in [-0.05, 0) is 57.4 Å². The number of hydrogen-bond donors (Lipinski definition) is 1. The third kappa shape index (κ3) is 4.67. The molecule has 9 heteroatoms. The number of halogens is 5. The first-order valence-corrected chi connectivity index (χ1v) is 10.8. The molecule has 0 aliphatic carbocycles. The third-order valence-electron chi connectivity index (χ3n) is 4.75. The van der Waals surface area contributed by atoms with Gasteiger partial charge in [0.25, 0.3) is 5.91 Å². The molecule has 0 saturated carbocycles. The lowest BCUT2D eigenvalue weighted by atomic mass is 10.1. The Morgan fingerprint density at radius 2 is 1.81 bits per heavy atom. The van der Waals surface area contributed by atoms with Crippen molar-refractivity contribution in [3.63, 3.8) is 0 Å². The second-order valence-electron chi connectivity index (χ2n) is 6.92. The quantitative estimate of drug-likeness (QED) is 0.301. The first kappa shape index (κ1) is 21.6. The summed E-state index contributed by atoms with van der Waals surface area (Å²) in [6, 6.07) is 12.7. The Labute approximate surface area is 187 Å². The molecule has 4 rings (SSSR count). The minimum absolute atomic E-state index is 0.0529. The average Bonchev–Trinajstić information content (AvgIpc) is 3.26. The van der Waals surface area contributed by atoms with Gasteiger partial charge in [0.15, 0.2) is 0 Å². The van der Waals surface area contributed by atoms with Gasteiger partial charge in [0, 0.05) is 18.5 Å². The summed E-state index contributed by atoms with van der Waals surface area (Å²) in [6.45, 7) is 0.214. The number of alkyl halides is 3. The summed E-state index contributed by atoms with van der Waals surface area (Å²) in [5.41, 5.74) is 1.41. The Bertz CT molecular complexity index is 1260. The molecule has 0 atom stereocenters. The van der Waals surface area contributed by atoms with E-state index in [4.69, 9.17) is 0 Å². The van der Waals surface area contributed by atoms with Gasteiger partial charge in [-0.3, -0.25) is 4.79 Å². The molecule has 31 heavy (non-hydrogen) atoms. The van der Waals surface area contributed by atoms with Gasteiger partial charge in [-0.1, -0.05) is 24.3 Å². The van der Waals surface area contributed by atoms with Crippen molar-refractivity contribution < 1.29 is 22.4 Å². The number of hydrogen-bond acceptors (Lipinski definition) is 2. The Morgan fingerprint density at radius 3 is 2.55 bits per heavy atom. The fourth-order valence-corrected chi connectivity index (χ4v) is 5.02. The van der Waals surface area contributed by atoms with Gasteiger partial charge in [0.2, 0.25) is 0 Å². The zero-order valence-corrected chi connectivity index (χ0v) is 18.2. The lowest BCUT2D eigenvalue weighted by molar-refractivity contribution is -0.137. The second kappa shape index (κ2) is 8.47. The summed E-state index contributed by atoms with van der Waals surface area (Å²) in [7, 11) is 0. The van der Waals surface area contributed by atoms with Crippen LogP contribution in [0.3, 0.4) is 0 Å². The van der Waals surface area contributed by atoms with Gasteiger partial charge in [-0.2, -0.15) is 13.2 Å². The predicted octanol–water partition coefficient (Wildman–Crippen LogP) is 6.60. The smallest absolute Gasteiger partial charge is 0.347 e. The molecule has 2 aromatic carbocycles. The van der Waals surface area contributed by atoms with Crippen LogP contribution in [0.2, 0.25) is 0 Å². The number of carbonyl (C=O) groups excluding carboxylic acids is 1. The highest BCUT2D eigenvalue weighted by Gasteiger charge is 2.30. The largest absolute Gasteiger partial charge is 0.416 e. The molecule has 160 valence electrons. The number of aromatic nitrogens is 1. The molecule has 0 fully saturated rings. The van der Waals surface area contributed by atoms with Crippen LogP contribution in [-0.2, 0) is 19.3 Å². The topological polar surface area (TPSA) is 34.0 Å². The summed E-state index contributed by atoms with van der Waals surface area (Å²) in [5.74, 6) is -0.801. The van der Waals surface area contributed by atoms with Crippen molar-refractivity contribution in [1.29, 1.82) is 0 Å². The van der Waals surface area contributed by atoms with Crippen LogP contribution in [0.25, 0.3) is 10.2 Å². The van der Waals surface area contributed by atoms with E-state index in [1.54, 1.807) is 22.8 Å². The first-order valence-electron chi connectivity index (χ1n) is 9.17.